The third-order valence-electron chi connectivity index (χ3n) is 3.92. The molecular weight excluding hydrogens is 316 g/mol. The maximum absolute atomic E-state index is 11.9. The Hall–Kier alpha value is -0.620. The van der Waals surface area contributed by atoms with Crippen LogP contribution in [0.1, 0.15) is 19.8 Å². The molecule has 0 radical (unpaired) electrons. The normalized spacial score (nSPS) is 29.9. The van der Waals surface area contributed by atoms with Gasteiger partial charge < -0.3 is 9.64 Å². The molecule has 0 amide bonds. The molecule has 2 atom stereocenters. The van der Waals surface area contributed by atoms with Crippen LogP contribution in [-0.2, 0) is 9.53 Å². The van der Waals surface area contributed by atoms with Gasteiger partial charge in [0.25, 0.3) is 0 Å². The van der Waals surface area contributed by atoms with Crippen LogP contribution in [0.15, 0.2) is 9.98 Å². The average Bonchev–Trinajstić information content (AvgIpc) is 2.96. The van der Waals surface area contributed by atoms with Crippen LogP contribution in [0.2, 0.25) is 0 Å². The Balaban J connectivity index is 1.67. The van der Waals surface area contributed by atoms with E-state index in [4.69, 9.17) is 4.74 Å². The first-order valence-corrected chi connectivity index (χ1v) is 7.86. The number of piperidine rings is 1. The molecule has 98 valence electrons. The standard InChI is InChI=1S/C12H15BrN2O2S/c1-2-17-10(16)12-3-4-15(6-8(12)5-12)11-14-9(13)7-18-11/h7-8H,2-6H2,1H3. The van der Waals surface area contributed by atoms with Crippen LogP contribution in [0.25, 0.3) is 0 Å². The molecule has 1 saturated heterocycles. The lowest BCUT2D eigenvalue weighted by molar-refractivity contribution is -0.150. The first-order chi connectivity index (χ1) is 8.65. The molecule has 2 aliphatic rings. The van der Waals surface area contributed by atoms with Gasteiger partial charge in [-0.05, 0) is 41.6 Å². The third kappa shape index (κ3) is 1.95. The van der Waals surface area contributed by atoms with Crippen molar-refractivity contribution in [1.82, 2.24) is 4.98 Å². The maximum Gasteiger partial charge on any atom is 0.312 e. The van der Waals surface area contributed by atoms with E-state index in [2.05, 4.69) is 25.8 Å². The van der Waals surface area contributed by atoms with Crippen LogP contribution in [-0.4, -0.2) is 30.6 Å². The van der Waals surface area contributed by atoms with Crippen LogP contribution < -0.4 is 4.90 Å². The van der Waals surface area contributed by atoms with E-state index in [-0.39, 0.29) is 11.4 Å². The summed E-state index contributed by atoms with van der Waals surface area (Å²) in [4.78, 5) is 18.7. The monoisotopic (exact) mass is 330 g/mol. The molecule has 0 aromatic carbocycles. The minimum absolute atomic E-state index is 0.00923. The van der Waals surface area contributed by atoms with Crippen molar-refractivity contribution >= 4 is 38.4 Å². The predicted molar refractivity (Wildman–Crippen MR) is 73.8 cm³/mol. The van der Waals surface area contributed by atoms with Gasteiger partial charge in [-0.25, -0.2) is 4.98 Å². The molecule has 1 aliphatic heterocycles. The number of thiazole rings is 1. The van der Waals surface area contributed by atoms with Crippen LogP contribution in [0.4, 0.5) is 5.13 Å². The molecule has 2 unspecified atom stereocenters. The van der Waals surface area contributed by atoms with Gasteiger partial charge in [-0.1, -0.05) is 0 Å². The number of ether oxygens (including phenoxy) is 1. The predicted octanol–water partition coefficient (Wildman–Crippen LogP) is 2.69. The lowest BCUT2D eigenvalue weighted by Crippen LogP contribution is -2.38. The van der Waals surface area contributed by atoms with E-state index < -0.39 is 0 Å². The number of halogens is 1. The zero-order chi connectivity index (χ0) is 12.8. The Morgan fingerprint density at radius 1 is 1.78 bits per heavy atom. The highest BCUT2D eigenvalue weighted by Crippen LogP contribution is 2.59. The number of carbonyl (C=O) groups excluding carboxylic acids is 1. The largest absolute Gasteiger partial charge is 0.466 e. The summed E-state index contributed by atoms with van der Waals surface area (Å²) in [7, 11) is 0. The molecule has 3 rings (SSSR count). The molecular formula is C12H15BrN2O2S. The number of anilines is 1. The SMILES string of the molecule is CCOC(=O)C12CCN(c3nc(Br)cs3)CC1C2. The molecule has 2 heterocycles. The molecule has 18 heavy (non-hydrogen) atoms. The lowest BCUT2D eigenvalue weighted by atomic mass is 9.95. The third-order valence-corrected chi connectivity index (χ3v) is 5.53. The Labute approximate surface area is 118 Å². The van der Waals surface area contributed by atoms with Crippen molar-refractivity contribution in [2.45, 2.75) is 19.8 Å². The van der Waals surface area contributed by atoms with Gasteiger partial charge in [-0.3, -0.25) is 4.79 Å². The van der Waals surface area contributed by atoms with Crippen LogP contribution >= 0.6 is 27.3 Å². The van der Waals surface area contributed by atoms with Crippen molar-refractivity contribution in [2.75, 3.05) is 24.6 Å². The summed E-state index contributed by atoms with van der Waals surface area (Å²) in [6.45, 7) is 4.18. The lowest BCUT2D eigenvalue weighted by Gasteiger charge is -2.30. The molecule has 2 fully saturated rings. The van der Waals surface area contributed by atoms with Gasteiger partial charge in [-0.2, -0.15) is 0 Å². The number of esters is 1. The first-order valence-electron chi connectivity index (χ1n) is 6.19. The molecule has 0 N–H and O–H groups in total. The second-order valence-corrected chi connectivity index (χ2v) is 6.58. The molecule has 0 spiro atoms. The van der Waals surface area contributed by atoms with E-state index >= 15 is 0 Å². The first kappa shape index (κ1) is 12.4. The minimum atomic E-state index is -0.166. The van der Waals surface area contributed by atoms with Crippen LogP contribution in [0, 0.1) is 11.3 Å². The summed E-state index contributed by atoms with van der Waals surface area (Å²) in [5, 5.41) is 3.04. The molecule has 1 aromatic rings. The highest BCUT2D eigenvalue weighted by Gasteiger charge is 2.63. The van der Waals surface area contributed by atoms with Gasteiger partial charge in [0.15, 0.2) is 5.13 Å². The highest BCUT2D eigenvalue weighted by molar-refractivity contribution is 9.10. The Morgan fingerprint density at radius 3 is 3.22 bits per heavy atom. The molecule has 1 aromatic heterocycles. The quantitative estimate of drug-likeness (QED) is 0.799. The number of nitrogens with zero attached hydrogens (tertiary/aromatic N) is 2. The smallest absolute Gasteiger partial charge is 0.312 e. The molecule has 1 aliphatic carbocycles. The second kappa shape index (κ2) is 4.49. The Bertz CT molecular complexity index is 478. The minimum Gasteiger partial charge on any atom is -0.466 e. The fourth-order valence-corrected chi connectivity index (χ4v) is 4.10. The number of carbonyl (C=O) groups is 1. The van der Waals surface area contributed by atoms with E-state index in [9.17, 15) is 4.79 Å². The number of fused-ring (bicyclic) bond motifs is 1. The topological polar surface area (TPSA) is 42.4 Å². The summed E-state index contributed by atoms with van der Waals surface area (Å²) in [5.41, 5.74) is -0.166. The van der Waals surface area contributed by atoms with Crippen molar-refractivity contribution < 1.29 is 9.53 Å². The van der Waals surface area contributed by atoms with E-state index in [0.717, 1.165) is 35.7 Å². The summed E-state index contributed by atoms with van der Waals surface area (Å²) in [6, 6.07) is 0. The Morgan fingerprint density at radius 2 is 2.61 bits per heavy atom. The van der Waals surface area contributed by atoms with Crippen molar-refractivity contribution in [3.63, 3.8) is 0 Å². The average molecular weight is 331 g/mol. The van der Waals surface area contributed by atoms with Gasteiger partial charge in [0.2, 0.25) is 0 Å². The van der Waals surface area contributed by atoms with Crippen molar-refractivity contribution in [3.8, 4) is 0 Å². The zero-order valence-corrected chi connectivity index (χ0v) is 12.6. The van der Waals surface area contributed by atoms with Crippen molar-refractivity contribution in [3.05, 3.63) is 9.98 Å². The summed E-state index contributed by atoms with van der Waals surface area (Å²) < 4.78 is 6.08. The van der Waals surface area contributed by atoms with Crippen molar-refractivity contribution in [2.24, 2.45) is 11.3 Å². The zero-order valence-electron chi connectivity index (χ0n) is 10.2. The summed E-state index contributed by atoms with van der Waals surface area (Å²) >= 11 is 5.02. The van der Waals surface area contributed by atoms with E-state index in [1.54, 1.807) is 11.3 Å². The molecule has 0 bridgehead atoms. The number of hydrogen-bond donors (Lipinski definition) is 0. The van der Waals surface area contributed by atoms with Gasteiger partial charge >= 0.3 is 5.97 Å². The molecule has 6 heteroatoms. The number of hydrogen-bond acceptors (Lipinski definition) is 5. The molecule has 1 saturated carbocycles. The van der Waals surface area contributed by atoms with Gasteiger partial charge in [0.1, 0.15) is 4.60 Å². The van der Waals surface area contributed by atoms with Crippen molar-refractivity contribution in [1.29, 1.82) is 0 Å². The van der Waals surface area contributed by atoms with Crippen LogP contribution in [0.5, 0.6) is 0 Å². The van der Waals surface area contributed by atoms with Gasteiger partial charge in [0.05, 0.1) is 12.0 Å². The second-order valence-electron chi connectivity index (χ2n) is 4.93. The van der Waals surface area contributed by atoms with Gasteiger partial charge in [0, 0.05) is 18.5 Å². The highest BCUT2D eigenvalue weighted by atomic mass is 79.9. The number of rotatable bonds is 3. The Kier molecular flexibility index (Phi) is 3.10. The number of aromatic nitrogens is 1. The maximum atomic E-state index is 11.9. The molecule has 4 nitrogen and oxygen atoms in total. The fourth-order valence-electron chi connectivity index (χ4n) is 2.81. The van der Waals surface area contributed by atoms with Gasteiger partial charge in [-0.15, -0.1) is 11.3 Å². The summed E-state index contributed by atoms with van der Waals surface area (Å²) in [5.74, 6) is 0.461. The van der Waals surface area contributed by atoms with Crippen LogP contribution in [0.3, 0.4) is 0 Å². The summed E-state index contributed by atoms with van der Waals surface area (Å²) in [6.07, 6.45) is 1.88. The fraction of sp³-hybridized carbons (Fsp3) is 0.667. The van der Waals surface area contributed by atoms with E-state index in [1.807, 2.05) is 12.3 Å². The van der Waals surface area contributed by atoms with E-state index in [0.29, 0.717) is 12.5 Å². The van der Waals surface area contributed by atoms with E-state index in [1.165, 1.54) is 0 Å².